The van der Waals surface area contributed by atoms with Crippen LogP contribution in [0.4, 0.5) is 0 Å². The number of esters is 1. The Morgan fingerprint density at radius 3 is 2.38 bits per heavy atom. The van der Waals surface area contributed by atoms with Gasteiger partial charge in [0, 0.05) is 12.2 Å². The Kier molecular flexibility index (Phi) is 6.32. The molecule has 4 aliphatic carbocycles. The van der Waals surface area contributed by atoms with E-state index in [1.165, 1.54) is 45.6 Å². The van der Waals surface area contributed by atoms with Gasteiger partial charge in [0.05, 0.1) is 7.11 Å². The number of fused-ring (bicyclic) bond motifs is 5. The van der Waals surface area contributed by atoms with Crippen molar-refractivity contribution in [2.24, 2.45) is 40.4 Å². The molecule has 182 valence electrons. The number of hydrogen-bond donors (Lipinski definition) is 0. The summed E-state index contributed by atoms with van der Waals surface area (Å²) < 4.78 is 11.8. The van der Waals surface area contributed by atoms with Gasteiger partial charge in [-0.15, -0.1) is 0 Å². The van der Waals surface area contributed by atoms with Crippen LogP contribution in [-0.2, 0) is 14.0 Å². The lowest BCUT2D eigenvalue weighted by atomic mass is 9.45. The highest BCUT2D eigenvalue weighted by molar-refractivity contribution is 6.74. The van der Waals surface area contributed by atoms with Crippen molar-refractivity contribution in [3.8, 4) is 0 Å². The Morgan fingerprint density at radius 2 is 1.72 bits per heavy atom. The van der Waals surface area contributed by atoms with Crippen LogP contribution in [0.3, 0.4) is 0 Å². The molecule has 4 rings (SSSR count). The molecule has 0 N–H and O–H groups in total. The van der Waals surface area contributed by atoms with E-state index in [0.29, 0.717) is 16.7 Å². The standard InChI is InChI=1S/C28H48O3Si/c1-26(2,3)32(7,8)31-18-21-10-12-23-22-11-9-20-17-19(25(29)30-6)13-15-27(20,4)24(22)14-16-28(21,23)5/h17,20-24H,9-16,18H2,1-8H3/t20?,21?,22-,23-,24+,27-,28+/m0/s1. The van der Waals surface area contributed by atoms with E-state index < -0.39 is 8.32 Å². The molecule has 0 amide bonds. The average Bonchev–Trinajstić information content (AvgIpc) is 3.06. The zero-order valence-electron chi connectivity index (χ0n) is 22.1. The van der Waals surface area contributed by atoms with Crippen LogP contribution in [0.25, 0.3) is 0 Å². The molecule has 0 aromatic rings. The predicted molar refractivity (Wildman–Crippen MR) is 134 cm³/mol. The fraction of sp³-hybridized carbons (Fsp3) is 0.893. The van der Waals surface area contributed by atoms with Gasteiger partial charge in [0.15, 0.2) is 8.32 Å². The van der Waals surface area contributed by atoms with Crippen LogP contribution in [-0.4, -0.2) is 28.0 Å². The molecule has 0 bridgehead atoms. The first-order chi connectivity index (χ1) is 14.8. The van der Waals surface area contributed by atoms with Crippen LogP contribution in [0.5, 0.6) is 0 Å². The summed E-state index contributed by atoms with van der Waals surface area (Å²) in [6, 6.07) is 0. The van der Waals surface area contributed by atoms with Gasteiger partial charge in [-0.1, -0.05) is 40.7 Å². The summed E-state index contributed by atoms with van der Waals surface area (Å²) in [4.78, 5) is 12.2. The number of rotatable bonds is 4. The lowest BCUT2D eigenvalue weighted by molar-refractivity contribution is -0.137. The molecule has 2 unspecified atom stereocenters. The van der Waals surface area contributed by atoms with Crippen molar-refractivity contribution in [1.29, 1.82) is 0 Å². The fourth-order valence-corrected chi connectivity index (χ4v) is 9.12. The SMILES string of the molecule is COC(=O)C1=CC2CC[C@@H]3[C@@H](CC[C@]4(C)C(CO[Si](C)(C)C(C)(C)C)CC[C@@H]34)[C@@]2(C)CC1. The minimum atomic E-state index is -1.70. The fourth-order valence-electron chi connectivity index (χ4n) is 8.07. The van der Waals surface area contributed by atoms with Crippen LogP contribution in [0.15, 0.2) is 11.6 Å². The number of carbonyl (C=O) groups is 1. The molecule has 0 aromatic heterocycles. The van der Waals surface area contributed by atoms with Gasteiger partial charge in [0.2, 0.25) is 0 Å². The summed E-state index contributed by atoms with van der Waals surface area (Å²) in [6.07, 6.45) is 12.4. The van der Waals surface area contributed by atoms with E-state index in [2.05, 4.69) is 53.8 Å². The highest BCUT2D eigenvalue weighted by Crippen LogP contribution is 2.67. The topological polar surface area (TPSA) is 35.5 Å². The first kappa shape index (κ1) is 24.5. The maximum Gasteiger partial charge on any atom is 0.333 e. The molecular weight excluding hydrogens is 412 g/mol. The molecule has 4 heteroatoms. The second-order valence-electron chi connectivity index (χ2n) is 13.6. The molecule has 0 heterocycles. The van der Waals surface area contributed by atoms with Crippen molar-refractivity contribution in [2.45, 2.75) is 104 Å². The summed E-state index contributed by atoms with van der Waals surface area (Å²) in [6.45, 7) is 18.0. The summed E-state index contributed by atoms with van der Waals surface area (Å²) >= 11 is 0. The van der Waals surface area contributed by atoms with Crippen LogP contribution in [0, 0.1) is 40.4 Å². The van der Waals surface area contributed by atoms with Gasteiger partial charge in [0.25, 0.3) is 0 Å². The Balaban J connectivity index is 1.49. The molecule has 3 saturated carbocycles. The van der Waals surface area contributed by atoms with Crippen molar-refractivity contribution >= 4 is 14.3 Å². The average molecular weight is 461 g/mol. The van der Waals surface area contributed by atoms with Gasteiger partial charge in [-0.25, -0.2) is 4.79 Å². The highest BCUT2D eigenvalue weighted by Gasteiger charge is 2.59. The van der Waals surface area contributed by atoms with E-state index in [-0.39, 0.29) is 11.0 Å². The highest BCUT2D eigenvalue weighted by atomic mass is 28.4. The maximum atomic E-state index is 12.2. The van der Waals surface area contributed by atoms with Crippen LogP contribution < -0.4 is 0 Å². The van der Waals surface area contributed by atoms with Gasteiger partial charge in [-0.2, -0.15) is 0 Å². The van der Waals surface area contributed by atoms with E-state index in [4.69, 9.17) is 9.16 Å². The van der Waals surface area contributed by atoms with E-state index >= 15 is 0 Å². The van der Waals surface area contributed by atoms with Crippen molar-refractivity contribution in [1.82, 2.24) is 0 Å². The third-order valence-corrected chi connectivity index (χ3v) is 15.9. The Labute approximate surface area is 198 Å². The van der Waals surface area contributed by atoms with Crippen LogP contribution >= 0.6 is 0 Å². The van der Waals surface area contributed by atoms with Crippen molar-refractivity contribution in [3.63, 3.8) is 0 Å². The number of carbonyl (C=O) groups excluding carboxylic acids is 1. The lowest BCUT2D eigenvalue weighted by Gasteiger charge is -2.60. The molecule has 0 aromatic carbocycles. The largest absolute Gasteiger partial charge is 0.466 e. The van der Waals surface area contributed by atoms with Crippen molar-refractivity contribution in [2.75, 3.05) is 13.7 Å². The number of allylic oxidation sites excluding steroid dienone is 1. The van der Waals surface area contributed by atoms with E-state index in [9.17, 15) is 4.79 Å². The van der Waals surface area contributed by atoms with E-state index in [1.807, 2.05) is 0 Å². The smallest absolute Gasteiger partial charge is 0.333 e. The molecule has 4 aliphatic rings. The van der Waals surface area contributed by atoms with E-state index in [1.54, 1.807) is 0 Å². The Hall–Kier alpha value is -0.613. The molecule has 32 heavy (non-hydrogen) atoms. The molecular formula is C28H48O3Si. The Bertz CT molecular complexity index is 765. The number of ether oxygens (including phenoxy) is 1. The second kappa shape index (κ2) is 8.25. The van der Waals surface area contributed by atoms with Crippen LogP contribution in [0.1, 0.15) is 86.0 Å². The monoisotopic (exact) mass is 460 g/mol. The Morgan fingerprint density at radius 1 is 1.03 bits per heavy atom. The van der Waals surface area contributed by atoms with E-state index in [0.717, 1.165) is 48.7 Å². The molecule has 0 spiro atoms. The van der Waals surface area contributed by atoms with Gasteiger partial charge < -0.3 is 9.16 Å². The molecule has 3 nitrogen and oxygen atoms in total. The zero-order chi connectivity index (χ0) is 23.5. The lowest BCUT2D eigenvalue weighted by Crippen LogP contribution is -2.53. The normalized spacial score (nSPS) is 41.9. The van der Waals surface area contributed by atoms with Crippen LogP contribution in [0.2, 0.25) is 18.1 Å². The first-order valence-corrected chi connectivity index (χ1v) is 16.2. The molecule has 0 saturated heterocycles. The van der Waals surface area contributed by atoms with Gasteiger partial charge in [0.1, 0.15) is 0 Å². The third kappa shape index (κ3) is 3.85. The van der Waals surface area contributed by atoms with Crippen molar-refractivity contribution < 1.29 is 14.0 Å². The zero-order valence-corrected chi connectivity index (χ0v) is 23.1. The van der Waals surface area contributed by atoms with Gasteiger partial charge in [-0.3, -0.25) is 0 Å². The van der Waals surface area contributed by atoms with Gasteiger partial charge >= 0.3 is 5.97 Å². The summed E-state index contributed by atoms with van der Waals surface area (Å²) in [5.74, 6) is 3.71. The minimum Gasteiger partial charge on any atom is -0.466 e. The molecule has 0 aliphatic heterocycles. The maximum absolute atomic E-state index is 12.2. The summed E-state index contributed by atoms with van der Waals surface area (Å²) in [7, 11) is -0.180. The molecule has 3 fully saturated rings. The quantitative estimate of drug-likeness (QED) is 0.324. The number of methoxy groups -OCH3 is 1. The molecule has 0 radical (unpaired) electrons. The minimum absolute atomic E-state index is 0.106. The summed E-state index contributed by atoms with van der Waals surface area (Å²) in [5, 5.41) is 0.286. The third-order valence-electron chi connectivity index (χ3n) is 11.4. The van der Waals surface area contributed by atoms with Crippen molar-refractivity contribution in [3.05, 3.63) is 11.6 Å². The number of hydrogen-bond acceptors (Lipinski definition) is 3. The van der Waals surface area contributed by atoms with Gasteiger partial charge in [-0.05, 0) is 110 Å². The molecule has 7 atom stereocenters. The predicted octanol–water partition coefficient (Wildman–Crippen LogP) is 7.38. The summed E-state index contributed by atoms with van der Waals surface area (Å²) in [5.41, 5.74) is 1.74. The first-order valence-electron chi connectivity index (χ1n) is 13.3. The second-order valence-corrected chi connectivity index (χ2v) is 18.4.